The third-order valence-electron chi connectivity index (χ3n) is 3.20. The van der Waals surface area contributed by atoms with Crippen molar-refractivity contribution in [3.63, 3.8) is 0 Å². The van der Waals surface area contributed by atoms with Gasteiger partial charge in [-0.3, -0.25) is 4.79 Å². The van der Waals surface area contributed by atoms with E-state index in [9.17, 15) is 4.79 Å². The second kappa shape index (κ2) is 8.36. The summed E-state index contributed by atoms with van der Waals surface area (Å²) in [7, 11) is 4.70. The largest absolute Gasteiger partial charge is 0.496 e. The van der Waals surface area contributed by atoms with Gasteiger partial charge < -0.3 is 25.3 Å². The maximum atomic E-state index is 11.8. The van der Waals surface area contributed by atoms with Crippen molar-refractivity contribution < 1.29 is 19.0 Å². The zero-order valence-electron chi connectivity index (χ0n) is 13.1. The van der Waals surface area contributed by atoms with Crippen LogP contribution in [-0.4, -0.2) is 33.8 Å². The summed E-state index contributed by atoms with van der Waals surface area (Å²) in [4.78, 5) is 11.8. The number of amides is 1. The molecule has 1 aromatic carbocycles. The molecule has 3 N–H and O–H groups in total. The van der Waals surface area contributed by atoms with Gasteiger partial charge >= 0.3 is 0 Å². The first-order valence-electron chi connectivity index (χ1n) is 6.81. The second-order valence-corrected chi connectivity index (χ2v) is 4.84. The zero-order valence-corrected chi connectivity index (χ0v) is 13.1. The highest BCUT2D eigenvalue weighted by molar-refractivity contribution is 5.76. The smallest absolute Gasteiger partial charge is 0.220 e. The van der Waals surface area contributed by atoms with Gasteiger partial charge in [0.25, 0.3) is 0 Å². The van der Waals surface area contributed by atoms with Crippen LogP contribution < -0.4 is 25.3 Å². The Morgan fingerprint density at radius 2 is 1.71 bits per heavy atom. The first kappa shape index (κ1) is 17.1. The number of nitrogens with one attached hydrogen (secondary N) is 1. The van der Waals surface area contributed by atoms with E-state index in [2.05, 4.69) is 5.32 Å². The Morgan fingerprint density at radius 1 is 1.14 bits per heavy atom. The number of rotatable bonds is 8. The Hall–Kier alpha value is -1.95. The van der Waals surface area contributed by atoms with Crippen molar-refractivity contribution in [3.8, 4) is 17.2 Å². The van der Waals surface area contributed by atoms with Crippen molar-refractivity contribution in [1.82, 2.24) is 5.32 Å². The van der Waals surface area contributed by atoms with Gasteiger partial charge in [0, 0.05) is 24.6 Å². The van der Waals surface area contributed by atoms with E-state index in [0.29, 0.717) is 36.8 Å². The van der Waals surface area contributed by atoms with Gasteiger partial charge in [0.1, 0.15) is 5.75 Å². The minimum Gasteiger partial charge on any atom is -0.496 e. The molecular formula is C15H24N2O4. The summed E-state index contributed by atoms with van der Waals surface area (Å²) in [5.41, 5.74) is 6.34. The molecule has 0 saturated heterocycles. The van der Waals surface area contributed by atoms with E-state index >= 15 is 0 Å². The van der Waals surface area contributed by atoms with Crippen molar-refractivity contribution >= 4 is 5.91 Å². The van der Waals surface area contributed by atoms with E-state index < -0.39 is 0 Å². The standard InChI is InChI=1S/C15H24N2O4/c1-10(8-16)5-15(18)17-9-11-6-13(20-3)14(21-4)7-12(11)19-2/h6-7,10H,5,8-9,16H2,1-4H3,(H,17,18). The molecule has 1 amide bonds. The van der Waals surface area contributed by atoms with Crippen LogP contribution in [0.1, 0.15) is 18.9 Å². The lowest BCUT2D eigenvalue weighted by Crippen LogP contribution is -2.26. The third kappa shape index (κ3) is 4.82. The van der Waals surface area contributed by atoms with Crippen LogP contribution in [-0.2, 0) is 11.3 Å². The molecule has 0 aliphatic carbocycles. The number of nitrogens with two attached hydrogens (primary N) is 1. The molecule has 0 aliphatic heterocycles. The Morgan fingerprint density at radius 3 is 2.24 bits per heavy atom. The van der Waals surface area contributed by atoms with Crippen LogP contribution >= 0.6 is 0 Å². The summed E-state index contributed by atoms with van der Waals surface area (Å²) in [5, 5.41) is 2.86. The van der Waals surface area contributed by atoms with E-state index in [1.165, 1.54) is 0 Å². The van der Waals surface area contributed by atoms with E-state index in [1.807, 2.05) is 6.92 Å². The molecule has 6 nitrogen and oxygen atoms in total. The Labute approximate surface area is 125 Å². The minimum atomic E-state index is -0.0372. The highest BCUT2D eigenvalue weighted by Crippen LogP contribution is 2.34. The molecule has 1 aromatic rings. The molecule has 1 atom stereocenters. The van der Waals surface area contributed by atoms with Gasteiger partial charge in [-0.05, 0) is 18.5 Å². The van der Waals surface area contributed by atoms with Crippen LogP contribution in [0.5, 0.6) is 17.2 Å². The summed E-state index contributed by atoms with van der Waals surface area (Å²) < 4.78 is 15.8. The highest BCUT2D eigenvalue weighted by atomic mass is 16.5. The summed E-state index contributed by atoms with van der Waals surface area (Å²) in [6, 6.07) is 3.53. The summed E-state index contributed by atoms with van der Waals surface area (Å²) >= 11 is 0. The second-order valence-electron chi connectivity index (χ2n) is 4.84. The molecule has 0 aromatic heterocycles. The molecule has 0 saturated carbocycles. The van der Waals surface area contributed by atoms with Gasteiger partial charge in [0.2, 0.25) is 5.91 Å². The van der Waals surface area contributed by atoms with E-state index in [4.69, 9.17) is 19.9 Å². The lowest BCUT2D eigenvalue weighted by molar-refractivity contribution is -0.122. The molecule has 21 heavy (non-hydrogen) atoms. The van der Waals surface area contributed by atoms with Crippen LogP contribution in [0.2, 0.25) is 0 Å². The topological polar surface area (TPSA) is 82.8 Å². The number of carbonyl (C=O) groups is 1. The minimum absolute atomic E-state index is 0.0372. The highest BCUT2D eigenvalue weighted by Gasteiger charge is 2.13. The first-order valence-corrected chi connectivity index (χ1v) is 6.81. The number of hydrogen-bond donors (Lipinski definition) is 2. The summed E-state index contributed by atoms with van der Waals surface area (Å²) in [5.74, 6) is 1.95. The average Bonchev–Trinajstić information content (AvgIpc) is 2.51. The number of hydrogen-bond acceptors (Lipinski definition) is 5. The monoisotopic (exact) mass is 296 g/mol. The first-order chi connectivity index (χ1) is 10.0. The molecule has 1 rings (SSSR count). The molecule has 0 aliphatic rings. The van der Waals surface area contributed by atoms with Crippen molar-refractivity contribution in [3.05, 3.63) is 17.7 Å². The van der Waals surface area contributed by atoms with E-state index in [1.54, 1.807) is 33.5 Å². The molecule has 0 radical (unpaired) electrons. The zero-order chi connectivity index (χ0) is 15.8. The lowest BCUT2D eigenvalue weighted by atomic mass is 10.1. The molecule has 0 fully saturated rings. The molecule has 0 bridgehead atoms. The summed E-state index contributed by atoms with van der Waals surface area (Å²) in [6.07, 6.45) is 0.409. The Balaban J connectivity index is 2.80. The van der Waals surface area contributed by atoms with Crippen molar-refractivity contribution in [1.29, 1.82) is 0 Å². The normalized spacial score (nSPS) is 11.7. The fourth-order valence-electron chi connectivity index (χ4n) is 1.90. The third-order valence-corrected chi connectivity index (χ3v) is 3.20. The van der Waals surface area contributed by atoms with Gasteiger partial charge in [-0.15, -0.1) is 0 Å². The van der Waals surface area contributed by atoms with Crippen LogP contribution in [0.3, 0.4) is 0 Å². The van der Waals surface area contributed by atoms with Gasteiger partial charge in [0.05, 0.1) is 21.3 Å². The maximum absolute atomic E-state index is 11.8. The maximum Gasteiger partial charge on any atom is 0.220 e. The fourth-order valence-corrected chi connectivity index (χ4v) is 1.90. The summed E-state index contributed by atoms with van der Waals surface area (Å²) in [6.45, 7) is 2.79. The Kier molecular flexibility index (Phi) is 6.81. The molecule has 118 valence electrons. The van der Waals surface area contributed by atoms with Gasteiger partial charge in [0.15, 0.2) is 11.5 Å². The number of carbonyl (C=O) groups excluding carboxylic acids is 1. The number of methoxy groups -OCH3 is 3. The Bertz CT molecular complexity index is 477. The van der Waals surface area contributed by atoms with Crippen molar-refractivity contribution in [2.75, 3.05) is 27.9 Å². The van der Waals surface area contributed by atoms with Crippen LogP contribution in [0.15, 0.2) is 12.1 Å². The van der Waals surface area contributed by atoms with Gasteiger partial charge in [-0.2, -0.15) is 0 Å². The lowest BCUT2D eigenvalue weighted by Gasteiger charge is -2.15. The van der Waals surface area contributed by atoms with Crippen LogP contribution in [0, 0.1) is 5.92 Å². The predicted molar refractivity (Wildman–Crippen MR) is 80.8 cm³/mol. The SMILES string of the molecule is COc1cc(OC)c(OC)cc1CNC(=O)CC(C)CN. The molecule has 1 unspecified atom stereocenters. The van der Waals surface area contributed by atoms with E-state index in [0.717, 1.165) is 5.56 Å². The quantitative estimate of drug-likeness (QED) is 0.756. The van der Waals surface area contributed by atoms with Crippen LogP contribution in [0.25, 0.3) is 0 Å². The molecule has 0 heterocycles. The molecular weight excluding hydrogens is 272 g/mol. The molecule has 0 spiro atoms. The number of benzene rings is 1. The number of ether oxygens (including phenoxy) is 3. The predicted octanol–water partition coefficient (Wildman–Crippen LogP) is 1.31. The van der Waals surface area contributed by atoms with E-state index in [-0.39, 0.29) is 11.8 Å². The van der Waals surface area contributed by atoms with Crippen molar-refractivity contribution in [2.45, 2.75) is 19.9 Å². The van der Waals surface area contributed by atoms with Crippen LogP contribution in [0.4, 0.5) is 0 Å². The van der Waals surface area contributed by atoms with Gasteiger partial charge in [-0.1, -0.05) is 6.92 Å². The fraction of sp³-hybridized carbons (Fsp3) is 0.533. The molecule has 6 heteroatoms. The van der Waals surface area contributed by atoms with Gasteiger partial charge in [-0.25, -0.2) is 0 Å². The van der Waals surface area contributed by atoms with Crippen molar-refractivity contribution in [2.24, 2.45) is 11.7 Å². The average molecular weight is 296 g/mol.